The Bertz CT molecular complexity index is 346. The number of hydrogen-bond acceptors (Lipinski definition) is 2. The highest BCUT2D eigenvalue weighted by Gasteiger charge is 2.38. The third-order valence-corrected chi connectivity index (χ3v) is 3.84. The second-order valence-corrected chi connectivity index (χ2v) is 5.59. The van der Waals surface area contributed by atoms with Crippen LogP contribution in [0.15, 0.2) is 4.99 Å². The predicted molar refractivity (Wildman–Crippen MR) is 72.6 cm³/mol. The molecule has 0 aromatic carbocycles. The summed E-state index contributed by atoms with van der Waals surface area (Å²) in [5, 5.41) is 12.0. The van der Waals surface area contributed by atoms with Gasteiger partial charge in [0.05, 0.1) is 6.54 Å². The fourth-order valence-corrected chi connectivity index (χ4v) is 2.20. The Balaban J connectivity index is 2.70. The fraction of sp³-hybridized carbons (Fsp3) is 0.923. The molecule has 0 spiro atoms. The molecule has 1 rings (SSSR count). The topological polar surface area (TPSA) is 47.9 Å². The molecule has 0 bridgehead atoms. The number of rotatable bonds is 4. The highest BCUT2D eigenvalue weighted by molar-refractivity contribution is 5.80. The molecule has 1 heterocycles. The minimum Gasteiger partial charge on any atom is -0.382 e. The zero-order valence-corrected chi connectivity index (χ0v) is 12.3. The molecule has 0 radical (unpaired) electrons. The summed E-state index contributed by atoms with van der Waals surface area (Å²) in [6.07, 6.45) is -5.01. The first kappa shape index (κ1) is 17.1. The van der Waals surface area contributed by atoms with Crippen LogP contribution in [0.5, 0.6) is 0 Å². The number of guanidine groups is 1. The number of nitrogens with one attached hydrogen (secondary N) is 1. The maximum absolute atomic E-state index is 12.3. The molecule has 1 aliphatic heterocycles. The molecule has 1 fully saturated rings. The Morgan fingerprint density at radius 3 is 2.55 bits per heavy atom. The summed E-state index contributed by atoms with van der Waals surface area (Å²) in [4.78, 5) is 5.89. The largest absolute Gasteiger partial charge is 0.416 e. The van der Waals surface area contributed by atoms with Crippen molar-refractivity contribution in [3.8, 4) is 0 Å². The normalized spacial score (nSPS) is 25.9. The highest BCUT2D eigenvalue weighted by Crippen LogP contribution is 2.32. The molecule has 0 saturated carbocycles. The summed E-state index contributed by atoms with van der Waals surface area (Å²) in [6, 6.07) is 0. The molecule has 20 heavy (non-hydrogen) atoms. The highest BCUT2D eigenvalue weighted by atomic mass is 19.4. The molecule has 2 N–H and O–H groups in total. The van der Waals surface area contributed by atoms with Crippen LogP contribution in [-0.4, -0.2) is 54.4 Å². The van der Waals surface area contributed by atoms with Gasteiger partial charge in [0.1, 0.15) is 0 Å². The van der Waals surface area contributed by atoms with Crippen molar-refractivity contribution in [1.29, 1.82) is 0 Å². The van der Waals surface area contributed by atoms with E-state index in [4.69, 9.17) is 5.11 Å². The Morgan fingerprint density at radius 2 is 2.10 bits per heavy atom. The van der Waals surface area contributed by atoms with Gasteiger partial charge in [0.25, 0.3) is 0 Å². The van der Waals surface area contributed by atoms with Crippen LogP contribution >= 0.6 is 0 Å². The fourth-order valence-electron chi connectivity index (χ4n) is 2.20. The number of aliphatic hydroxyl groups excluding tert-OH is 1. The Labute approximate surface area is 118 Å². The summed E-state index contributed by atoms with van der Waals surface area (Å²) >= 11 is 0. The van der Waals surface area contributed by atoms with E-state index < -0.39 is 18.8 Å². The zero-order chi connectivity index (χ0) is 15.4. The lowest BCUT2D eigenvalue weighted by Crippen LogP contribution is -2.42. The van der Waals surface area contributed by atoms with Gasteiger partial charge in [0, 0.05) is 19.6 Å². The van der Waals surface area contributed by atoms with Gasteiger partial charge in [-0.05, 0) is 25.2 Å². The molecule has 0 aliphatic carbocycles. The minimum atomic E-state index is -4.62. The lowest BCUT2D eigenvalue weighted by atomic mass is 9.87. The standard InChI is InChI=1S/C13H24F3N3O/c1-4-12(3)6-7-19(9-12)11(17-5-2)18-8-10(20)13(14,15)16/h10,20H,4-9H2,1-3H3,(H,17,18). The van der Waals surface area contributed by atoms with Gasteiger partial charge < -0.3 is 15.3 Å². The maximum Gasteiger partial charge on any atom is 0.416 e. The van der Waals surface area contributed by atoms with Crippen LogP contribution in [0.3, 0.4) is 0 Å². The van der Waals surface area contributed by atoms with Crippen molar-refractivity contribution in [2.75, 3.05) is 26.2 Å². The molecule has 2 unspecified atom stereocenters. The molecule has 2 atom stereocenters. The van der Waals surface area contributed by atoms with Gasteiger partial charge in [-0.15, -0.1) is 0 Å². The average molecular weight is 295 g/mol. The molecule has 0 aromatic heterocycles. The molecule has 118 valence electrons. The summed E-state index contributed by atoms with van der Waals surface area (Å²) in [5.74, 6) is 0.452. The van der Waals surface area contributed by atoms with Crippen LogP contribution in [0.2, 0.25) is 0 Å². The van der Waals surface area contributed by atoms with Crippen LogP contribution in [0.25, 0.3) is 0 Å². The zero-order valence-electron chi connectivity index (χ0n) is 12.3. The maximum atomic E-state index is 12.3. The molecule has 1 saturated heterocycles. The van der Waals surface area contributed by atoms with E-state index in [0.29, 0.717) is 12.5 Å². The number of alkyl halides is 3. The summed E-state index contributed by atoms with van der Waals surface area (Å²) in [6.45, 7) is 7.62. The Hall–Kier alpha value is -0.980. The Morgan fingerprint density at radius 1 is 1.45 bits per heavy atom. The van der Waals surface area contributed by atoms with E-state index in [0.717, 1.165) is 25.9 Å². The lowest BCUT2D eigenvalue weighted by Gasteiger charge is -2.25. The van der Waals surface area contributed by atoms with Crippen LogP contribution in [0, 0.1) is 5.41 Å². The van der Waals surface area contributed by atoms with Crippen molar-refractivity contribution >= 4 is 5.96 Å². The van der Waals surface area contributed by atoms with Crippen molar-refractivity contribution in [1.82, 2.24) is 10.2 Å². The van der Waals surface area contributed by atoms with E-state index in [2.05, 4.69) is 24.2 Å². The molecule has 0 amide bonds. The van der Waals surface area contributed by atoms with Crippen LogP contribution in [0.4, 0.5) is 13.2 Å². The minimum absolute atomic E-state index is 0.179. The van der Waals surface area contributed by atoms with E-state index in [1.807, 2.05) is 11.8 Å². The smallest absolute Gasteiger partial charge is 0.382 e. The van der Waals surface area contributed by atoms with E-state index >= 15 is 0 Å². The third kappa shape index (κ3) is 4.54. The van der Waals surface area contributed by atoms with Gasteiger partial charge >= 0.3 is 6.18 Å². The first-order chi connectivity index (χ1) is 9.22. The van der Waals surface area contributed by atoms with Crippen LogP contribution < -0.4 is 5.32 Å². The van der Waals surface area contributed by atoms with E-state index in [1.165, 1.54) is 0 Å². The van der Waals surface area contributed by atoms with Crippen LogP contribution in [-0.2, 0) is 0 Å². The summed E-state index contributed by atoms with van der Waals surface area (Å²) < 4.78 is 36.9. The number of nitrogens with zero attached hydrogens (tertiary/aromatic N) is 2. The number of aliphatic hydroxyl groups is 1. The average Bonchev–Trinajstić information content (AvgIpc) is 2.76. The van der Waals surface area contributed by atoms with Gasteiger partial charge in [0.2, 0.25) is 0 Å². The third-order valence-electron chi connectivity index (χ3n) is 3.84. The van der Waals surface area contributed by atoms with Gasteiger partial charge in [-0.25, -0.2) is 0 Å². The van der Waals surface area contributed by atoms with E-state index in [1.54, 1.807) is 0 Å². The van der Waals surface area contributed by atoms with Crippen molar-refractivity contribution < 1.29 is 18.3 Å². The van der Waals surface area contributed by atoms with Crippen molar-refractivity contribution in [3.63, 3.8) is 0 Å². The number of likely N-dealkylation sites (tertiary alicyclic amines) is 1. The van der Waals surface area contributed by atoms with E-state index in [-0.39, 0.29) is 5.41 Å². The quantitative estimate of drug-likeness (QED) is 0.616. The lowest BCUT2D eigenvalue weighted by molar-refractivity contribution is -0.199. The van der Waals surface area contributed by atoms with Gasteiger partial charge in [-0.1, -0.05) is 13.8 Å². The SMILES string of the molecule is CCNC(=NCC(O)C(F)(F)F)N1CCC(C)(CC)C1. The summed E-state index contributed by atoms with van der Waals surface area (Å²) in [5.41, 5.74) is 0.179. The van der Waals surface area contributed by atoms with Gasteiger partial charge in [-0.3, -0.25) is 4.99 Å². The number of aliphatic imine (C=N–C) groups is 1. The molecule has 4 nitrogen and oxygen atoms in total. The van der Waals surface area contributed by atoms with Crippen molar-refractivity contribution in [2.45, 2.75) is 45.9 Å². The first-order valence-corrected chi connectivity index (χ1v) is 7.00. The monoisotopic (exact) mass is 295 g/mol. The molecule has 1 aliphatic rings. The van der Waals surface area contributed by atoms with Gasteiger partial charge in [0.15, 0.2) is 12.1 Å². The molecule has 7 heteroatoms. The van der Waals surface area contributed by atoms with Crippen LogP contribution in [0.1, 0.15) is 33.6 Å². The number of halogens is 3. The molecular weight excluding hydrogens is 271 g/mol. The molecular formula is C13H24F3N3O. The Kier molecular flexibility index (Phi) is 5.68. The summed E-state index contributed by atoms with van der Waals surface area (Å²) in [7, 11) is 0. The van der Waals surface area contributed by atoms with Crippen molar-refractivity contribution in [2.24, 2.45) is 10.4 Å². The first-order valence-electron chi connectivity index (χ1n) is 7.00. The predicted octanol–water partition coefficient (Wildman–Crippen LogP) is 2.00. The second kappa shape index (κ2) is 6.65. The molecule has 0 aromatic rings. The van der Waals surface area contributed by atoms with Gasteiger partial charge in [-0.2, -0.15) is 13.2 Å². The van der Waals surface area contributed by atoms with E-state index in [9.17, 15) is 13.2 Å². The van der Waals surface area contributed by atoms with Crippen molar-refractivity contribution in [3.05, 3.63) is 0 Å². The number of hydrogen-bond donors (Lipinski definition) is 2. The second-order valence-electron chi connectivity index (χ2n) is 5.59.